The average molecular weight is 373 g/mol. The van der Waals surface area contributed by atoms with Crippen molar-refractivity contribution >= 4 is 23.4 Å². The molecule has 1 heterocycles. The van der Waals surface area contributed by atoms with Crippen molar-refractivity contribution in [3.05, 3.63) is 65.2 Å². The van der Waals surface area contributed by atoms with Crippen molar-refractivity contribution in [3.8, 4) is 5.75 Å². The van der Waals surface area contributed by atoms with Gasteiger partial charge in [-0.2, -0.15) is 0 Å². The maximum absolute atomic E-state index is 12.5. The molecule has 136 valence electrons. The number of nitrogens with zero attached hydrogens (tertiary/aromatic N) is 1. The summed E-state index contributed by atoms with van der Waals surface area (Å²) in [6, 6.07) is 16.1. The Bertz CT molecular complexity index is 749. The van der Waals surface area contributed by atoms with Crippen LogP contribution in [0.2, 0.25) is 5.02 Å². The van der Waals surface area contributed by atoms with Gasteiger partial charge in [0.25, 0.3) is 5.91 Å². The number of hydrogen-bond acceptors (Lipinski definition) is 3. The van der Waals surface area contributed by atoms with Gasteiger partial charge >= 0.3 is 0 Å². The monoisotopic (exact) mass is 372 g/mol. The zero-order valence-corrected chi connectivity index (χ0v) is 15.1. The maximum atomic E-state index is 12.5. The van der Waals surface area contributed by atoms with Gasteiger partial charge < -0.3 is 15.0 Å². The Morgan fingerprint density at radius 1 is 1.12 bits per heavy atom. The molecule has 0 saturated carbocycles. The predicted molar refractivity (Wildman–Crippen MR) is 100.0 cm³/mol. The Morgan fingerprint density at radius 3 is 2.58 bits per heavy atom. The molecule has 3 rings (SSSR count). The quantitative estimate of drug-likeness (QED) is 0.847. The van der Waals surface area contributed by atoms with E-state index < -0.39 is 6.04 Å². The van der Waals surface area contributed by atoms with E-state index in [0.717, 1.165) is 12.0 Å². The lowest BCUT2D eigenvalue weighted by molar-refractivity contribution is -0.140. The van der Waals surface area contributed by atoms with E-state index in [4.69, 9.17) is 16.3 Å². The van der Waals surface area contributed by atoms with Crippen molar-refractivity contribution in [2.24, 2.45) is 0 Å². The van der Waals surface area contributed by atoms with E-state index in [9.17, 15) is 9.59 Å². The smallest absolute Gasteiger partial charge is 0.261 e. The summed E-state index contributed by atoms with van der Waals surface area (Å²) < 4.78 is 5.51. The minimum absolute atomic E-state index is 0.0932. The van der Waals surface area contributed by atoms with E-state index in [1.54, 1.807) is 29.2 Å². The summed E-state index contributed by atoms with van der Waals surface area (Å²) in [6.07, 6.45) is 1.49. The third-order valence-electron chi connectivity index (χ3n) is 4.36. The van der Waals surface area contributed by atoms with Crippen LogP contribution in [0.15, 0.2) is 54.6 Å². The summed E-state index contributed by atoms with van der Waals surface area (Å²) in [7, 11) is 0. The molecule has 1 aliphatic heterocycles. The van der Waals surface area contributed by atoms with E-state index in [2.05, 4.69) is 5.32 Å². The van der Waals surface area contributed by atoms with Crippen molar-refractivity contribution in [2.75, 3.05) is 13.2 Å². The lowest BCUT2D eigenvalue weighted by Gasteiger charge is -2.24. The standard InChI is InChI=1S/C20H21ClN2O3/c21-16-8-10-17(11-9-16)26-14-19(24)23-12-4-7-18(23)20(25)22-13-15-5-2-1-3-6-15/h1-3,5-6,8-11,18H,4,7,12-14H2,(H,22,25)/t18-/m0/s1. The Morgan fingerprint density at radius 2 is 1.85 bits per heavy atom. The second-order valence-corrected chi connectivity index (χ2v) is 6.63. The van der Waals surface area contributed by atoms with Crippen molar-refractivity contribution in [3.63, 3.8) is 0 Å². The molecule has 1 atom stereocenters. The zero-order valence-electron chi connectivity index (χ0n) is 14.4. The van der Waals surface area contributed by atoms with E-state index in [1.807, 2.05) is 30.3 Å². The number of ether oxygens (including phenoxy) is 1. The molecule has 0 radical (unpaired) electrons. The van der Waals surface area contributed by atoms with E-state index >= 15 is 0 Å². The highest BCUT2D eigenvalue weighted by Gasteiger charge is 2.33. The van der Waals surface area contributed by atoms with Gasteiger partial charge in [-0.1, -0.05) is 41.9 Å². The molecule has 1 fully saturated rings. The fourth-order valence-corrected chi connectivity index (χ4v) is 3.13. The highest BCUT2D eigenvalue weighted by Crippen LogP contribution is 2.19. The lowest BCUT2D eigenvalue weighted by atomic mass is 10.2. The maximum Gasteiger partial charge on any atom is 0.261 e. The molecule has 26 heavy (non-hydrogen) atoms. The van der Waals surface area contributed by atoms with E-state index in [-0.39, 0.29) is 18.4 Å². The fraction of sp³-hybridized carbons (Fsp3) is 0.300. The molecule has 2 aromatic rings. The van der Waals surface area contributed by atoms with Crippen molar-refractivity contribution in [1.82, 2.24) is 10.2 Å². The number of carbonyl (C=O) groups excluding carboxylic acids is 2. The molecule has 0 spiro atoms. The van der Waals surface area contributed by atoms with Crippen LogP contribution in [0.4, 0.5) is 0 Å². The van der Waals surface area contributed by atoms with Gasteiger partial charge in [-0.3, -0.25) is 9.59 Å². The molecular weight excluding hydrogens is 352 g/mol. The van der Waals surface area contributed by atoms with Gasteiger partial charge in [-0.15, -0.1) is 0 Å². The van der Waals surface area contributed by atoms with Crippen LogP contribution in [-0.4, -0.2) is 35.9 Å². The van der Waals surface area contributed by atoms with Gasteiger partial charge in [0.05, 0.1) is 0 Å². The molecule has 2 amide bonds. The number of likely N-dealkylation sites (tertiary alicyclic amines) is 1. The molecule has 1 saturated heterocycles. The summed E-state index contributed by atoms with van der Waals surface area (Å²) in [6.45, 7) is 0.940. The van der Waals surface area contributed by atoms with Crippen molar-refractivity contribution < 1.29 is 14.3 Å². The molecule has 0 unspecified atom stereocenters. The van der Waals surface area contributed by atoms with Gasteiger partial charge in [0.1, 0.15) is 11.8 Å². The van der Waals surface area contributed by atoms with E-state index in [0.29, 0.717) is 30.3 Å². The van der Waals surface area contributed by atoms with E-state index in [1.165, 1.54) is 0 Å². The van der Waals surface area contributed by atoms with Crippen LogP contribution in [-0.2, 0) is 16.1 Å². The first-order valence-electron chi connectivity index (χ1n) is 8.63. The first kappa shape index (κ1) is 18.3. The number of halogens is 1. The second-order valence-electron chi connectivity index (χ2n) is 6.19. The number of benzene rings is 2. The minimum Gasteiger partial charge on any atom is -0.484 e. The normalized spacial score (nSPS) is 16.3. The third-order valence-corrected chi connectivity index (χ3v) is 4.61. The first-order valence-corrected chi connectivity index (χ1v) is 9.01. The van der Waals surface area contributed by atoms with Crippen LogP contribution in [0.25, 0.3) is 0 Å². The molecule has 1 N–H and O–H groups in total. The minimum atomic E-state index is -0.431. The predicted octanol–water partition coefficient (Wildman–Crippen LogP) is 3.03. The van der Waals surface area contributed by atoms with Gasteiger partial charge in [-0.05, 0) is 42.7 Å². The molecule has 1 aliphatic rings. The average Bonchev–Trinajstić information content (AvgIpc) is 3.16. The van der Waals surface area contributed by atoms with Crippen LogP contribution in [0.1, 0.15) is 18.4 Å². The Hall–Kier alpha value is -2.53. The highest BCUT2D eigenvalue weighted by atomic mass is 35.5. The molecule has 5 nitrogen and oxygen atoms in total. The summed E-state index contributed by atoms with van der Waals surface area (Å²) >= 11 is 5.83. The van der Waals surface area contributed by atoms with Gasteiger partial charge in [0, 0.05) is 18.1 Å². The lowest BCUT2D eigenvalue weighted by Crippen LogP contribution is -2.47. The van der Waals surface area contributed by atoms with Crippen molar-refractivity contribution in [1.29, 1.82) is 0 Å². The highest BCUT2D eigenvalue weighted by molar-refractivity contribution is 6.30. The fourth-order valence-electron chi connectivity index (χ4n) is 3.00. The molecule has 0 aliphatic carbocycles. The number of carbonyl (C=O) groups is 2. The van der Waals surface area contributed by atoms with Crippen LogP contribution >= 0.6 is 11.6 Å². The zero-order chi connectivity index (χ0) is 18.4. The summed E-state index contributed by atoms with van der Waals surface area (Å²) in [4.78, 5) is 26.6. The van der Waals surface area contributed by atoms with Crippen LogP contribution in [0.3, 0.4) is 0 Å². The van der Waals surface area contributed by atoms with Gasteiger partial charge in [0.2, 0.25) is 5.91 Å². The molecular formula is C20H21ClN2O3. The Labute approximate surface area is 157 Å². The summed E-state index contributed by atoms with van der Waals surface area (Å²) in [5.74, 6) is 0.274. The number of rotatable bonds is 6. The summed E-state index contributed by atoms with van der Waals surface area (Å²) in [5, 5.41) is 3.53. The van der Waals surface area contributed by atoms with Crippen LogP contribution in [0.5, 0.6) is 5.75 Å². The van der Waals surface area contributed by atoms with Crippen LogP contribution < -0.4 is 10.1 Å². The molecule has 0 bridgehead atoms. The van der Waals surface area contributed by atoms with Gasteiger partial charge in [0.15, 0.2) is 6.61 Å². The Kier molecular flexibility index (Phi) is 6.12. The molecule has 2 aromatic carbocycles. The Balaban J connectivity index is 1.52. The van der Waals surface area contributed by atoms with Gasteiger partial charge in [-0.25, -0.2) is 0 Å². The molecule has 6 heteroatoms. The van der Waals surface area contributed by atoms with Crippen LogP contribution in [0, 0.1) is 0 Å². The third kappa shape index (κ3) is 4.76. The molecule has 0 aromatic heterocycles. The number of amides is 2. The first-order chi connectivity index (χ1) is 12.6. The second kappa shape index (κ2) is 8.72. The topological polar surface area (TPSA) is 58.6 Å². The summed E-state index contributed by atoms with van der Waals surface area (Å²) in [5.41, 5.74) is 1.03. The number of nitrogens with one attached hydrogen (secondary N) is 1. The number of hydrogen-bond donors (Lipinski definition) is 1. The van der Waals surface area contributed by atoms with Crippen molar-refractivity contribution in [2.45, 2.75) is 25.4 Å². The largest absolute Gasteiger partial charge is 0.484 e. The SMILES string of the molecule is O=C(NCc1ccccc1)[C@@H]1CCCN1C(=O)COc1ccc(Cl)cc1.